The zero-order chi connectivity index (χ0) is 11.8. The lowest BCUT2D eigenvalue weighted by atomic mass is 10.0. The molecule has 0 amide bonds. The SMILES string of the molecule is Clc1cc(OC2CC3CCC(C2)N3)ccc1Br. The van der Waals surface area contributed by atoms with E-state index in [9.17, 15) is 0 Å². The molecule has 1 aromatic rings. The Bertz CT molecular complexity index is 414. The summed E-state index contributed by atoms with van der Waals surface area (Å²) in [5.74, 6) is 0.879. The van der Waals surface area contributed by atoms with Gasteiger partial charge in [0.25, 0.3) is 0 Å². The highest BCUT2D eigenvalue weighted by Crippen LogP contribution is 2.32. The molecule has 2 heterocycles. The van der Waals surface area contributed by atoms with Crippen LogP contribution in [0.2, 0.25) is 5.02 Å². The third-order valence-electron chi connectivity index (χ3n) is 3.62. The Morgan fingerprint density at radius 2 is 1.94 bits per heavy atom. The number of halogens is 2. The van der Waals surface area contributed by atoms with E-state index in [1.165, 1.54) is 12.8 Å². The van der Waals surface area contributed by atoms with Crippen molar-refractivity contribution in [2.75, 3.05) is 0 Å². The number of benzene rings is 1. The number of piperidine rings is 1. The molecule has 2 unspecified atom stereocenters. The van der Waals surface area contributed by atoms with Gasteiger partial charge in [-0.05, 0) is 59.8 Å². The molecule has 0 aromatic heterocycles. The van der Waals surface area contributed by atoms with Gasteiger partial charge < -0.3 is 10.1 Å². The van der Waals surface area contributed by atoms with Crippen molar-refractivity contribution in [3.05, 3.63) is 27.7 Å². The molecule has 0 aliphatic carbocycles. The van der Waals surface area contributed by atoms with E-state index in [2.05, 4.69) is 21.2 Å². The summed E-state index contributed by atoms with van der Waals surface area (Å²) >= 11 is 9.45. The lowest BCUT2D eigenvalue weighted by Crippen LogP contribution is -2.42. The zero-order valence-electron chi connectivity index (χ0n) is 9.46. The quantitative estimate of drug-likeness (QED) is 0.897. The maximum absolute atomic E-state index is 6.06. The fourth-order valence-corrected chi connectivity index (χ4v) is 3.26. The van der Waals surface area contributed by atoms with Crippen LogP contribution in [-0.2, 0) is 0 Å². The number of ether oxygens (including phenoxy) is 1. The fourth-order valence-electron chi connectivity index (χ4n) is 2.84. The molecule has 0 saturated carbocycles. The summed E-state index contributed by atoms with van der Waals surface area (Å²) in [5.41, 5.74) is 0. The van der Waals surface area contributed by atoms with Crippen molar-refractivity contribution in [3.8, 4) is 5.75 Å². The van der Waals surface area contributed by atoms with Crippen LogP contribution in [0.5, 0.6) is 5.75 Å². The van der Waals surface area contributed by atoms with E-state index in [4.69, 9.17) is 16.3 Å². The van der Waals surface area contributed by atoms with Crippen molar-refractivity contribution in [2.45, 2.75) is 43.9 Å². The predicted octanol–water partition coefficient (Wildman–Crippen LogP) is 3.76. The highest BCUT2D eigenvalue weighted by Gasteiger charge is 2.34. The molecule has 2 atom stereocenters. The van der Waals surface area contributed by atoms with Crippen molar-refractivity contribution < 1.29 is 4.74 Å². The molecule has 2 aliphatic rings. The average molecular weight is 317 g/mol. The predicted molar refractivity (Wildman–Crippen MR) is 72.7 cm³/mol. The smallest absolute Gasteiger partial charge is 0.121 e. The largest absolute Gasteiger partial charge is 0.490 e. The van der Waals surface area contributed by atoms with Crippen molar-refractivity contribution in [2.24, 2.45) is 0 Å². The number of hydrogen-bond acceptors (Lipinski definition) is 2. The van der Waals surface area contributed by atoms with Gasteiger partial charge in [0.15, 0.2) is 0 Å². The molecule has 1 N–H and O–H groups in total. The van der Waals surface area contributed by atoms with Crippen molar-refractivity contribution in [1.82, 2.24) is 5.32 Å². The molecular weight excluding hydrogens is 302 g/mol. The second-order valence-electron chi connectivity index (χ2n) is 4.93. The van der Waals surface area contributed by atoms with Gasteiger partial charge >= 0.3 is 0 Å². The van der Waals surface area contributed by atoms with Gasteiger partial charge in [-0.1, -0.05) is 11.6 Å². The standard InChI is InChI=1S/C13H15BrClNO/c14-12-4-3-10(7-13(12)15)17-11-5-8-1-2-9(6-11)16-8/h3-4,7-9,11,16H,1-2,5-6H2. The van der Waals surface area contributed by atoms with Crippen LogP contribution in [0.15, 0.2) is 22.7 Å². The zero-order valence-corrected chi connectivity index (χ0v) is 11.8. The van der Waals surface area contributed by atoms with Gasteiger partial charge in [-0.2, -0.15) is 0 Å². The van der Waals surface area contributed by atoms with Gasteiger partial charge in [-0.3, -0.25) is 0 Å². The Hall–Kier alpha value is -0.250. The third kappa shape index (κ3) is 2.61. The van der Waals surface area contributed by atoms with Gasteiger partial charge in [-0.15, -0.1) is 0 Å². The minimum Gasteiger partial charge on any atom is -0.490 e. The van der Waals surface area contributed by atoms with E-state index in [-0.39, 0.29) is 0 Å². The van der Waals surface area contributed by atoms with Gasteiger partial charge in [0.2, 0.25) is 0 Å². The van der Waals surface area contributed by atoms with Crippen LogP contribution in [0.4, 0.5) is 0 Å². The number of nitrogens with one attached hydrogen (secondary N) is 1. The third-order valence-corrected chi connectivity index (χ3v) is 4.86. The minimum atomic E-state index is 0.339. The first-order valence-corrected chi connectivity index (χ1v) is 7.25. The minimum absolute atomic E-state index is 0.339. The molecular formula is C13H15BrClNO. The summed E-state index contributed by atoms with van der Waals surface area (Å²) in [6, 6.07) is 7.11. The molecule has 92 valence electrons. The van der Waals surface area contributed by atoms with E-state index in [0.29, 0.717) is 23.2 Å². The highest BCUT2D eigenvalue weighted by atomic mass is 79.9. The monoisotopic (exact) mass is 315 g/mol. The van der Waals surface area contributed by atoms with Crippen LogP contribution in [0.1, 0.15) is 25.7 Å². The van der Waals surface area contributed by atoms with Crippen LogP contribution in [-0.4, -0.2) is 18.2 Å². The molecule has 2 fully saturated rings. The maximum Gasteiger partial charge on any atom is 0.121 e. The van der Waals surface area contributed by atoms with Crippen molar-refractivity contribution >= 4 is 27.5 Å². The Labute approximate surface area is 115 Å². The Kier molecular flexibility index (Phi) is 3.33. The second kappa shape index (κ2) is 4.79. The summed E-state index contributed by atoms with van der Waals surface area (Å²) in [7, 11) is 0. The molecule has 2 bridgehead atoms. The first-order chi connectivity index (χ1) is 8.20. The summed E-state index contributed by atoms with van der Waals surface area (Å²) < 4.78 is 6.94. The Balaban J connectivity index is 1.68. The van der Waals surface area contributed by atoms with Crippen LogP contribution in [0.25, 0.3) is 0 Å². The average Bonchev–Trinajstić information content (AvgIpc) is 2.64. The lowest BCUT2D eigenvalue weighted by molar-refractivity contribution is 0.137. The van der Waals surface area contributed by atoms with Crippen LogP contribution in [0, 0.1) is 0 Å². The number of rotatable bonds is 2. The van der Waals surface area contributed by atoms with Crippen molar-refractivity contribution in [1.29, 1.82) is 0 Å². The molecule has 2 nitrogen and oxygen atoms in total. The second-order valence-corrected chi connectivity index (χ2v) is 6.19. The van der Waals surface area contributed by atoms with Gasteiger partial charge in [0.1, 0.15) is 11.9 Å². The van der Waals surface area contributed by atoms with Gasteiger partial charge in [0.05, 0.1) is 5.02 Å². The fraction of sp³-hybridized carbons (Fsp3) is 0.538. The van der Waals surface area contributed by atoms with E-state index in [1.807, 2.05) is 18.2 Å². The Morgan fingerprint density at radius 3 is 2.59 bits per heavy atom. The van der Waals surface area contributed by atoms with Gasteiger partial charge in [0, 0.05) is 16.6 Å². The Morgan fingerprint density at radius 1 is 1.24 bits per heavy atom. The molecule has 2 saturated heterocycles. The molecule has 4 heteroatoms. The molecule has 0 spiro atoms. The maximum atomic E-state index is 6.06. The number of fused-ring (bicyclic) bond motifs is 2. The molecule has 3 rings (SSSR count). The summed E-state index contributed by atoms with van der Waals surface area (Å²) in [4.78, 5) is 0. The first-order valence-electron chi connectivity index (χ1n) is 6.08. The number of hydrogen-bond donors (Lipinski definition) is 1. The van der Waals surface area contributed by atoms with E-state index in [1.54, 1.807) is 0 Å². The van der Waals surface area contributed by atoms with Crippen molar-refractivity contribution in [3.63, 3.8) is 0 Å². The van der Waals surface area contributed by atoms with E-state index < -0.39 is 0 Å². The van der Waals surface area contributed by atoms with E-state index >= 15 is 0 Å². The van der Waals surface area contributed by atoms with Crippen LogP contribution >= 0.6 is 27.5 Å². The van der Waals surface area contributed by atoms with Gasteiger partial charge in [-0.25, -0.2) is 0 Å². The normalized spacial score (nSPS) is 31.5. The molecule has 1 aromatic carbocycles. The summed E-state index contributed by atoms with van der Waals surface area (Å²) in [5, 5.41) is 4.32. The summed E-state index contributed by atoms with van der Waals surface area (Å²) in [6.07, 6.45) is 5.16. The molecule has 0 radical (unpaired) electrons. The summed E-state index contributed by atoms with van der Waals surface area (Å²) in [6.45, 7) is 0. The van der Waals surface area contributed by atoms with Crippen LogP contribution in [0.3, 0.4) is 0 Å². The topological polar surface area (TPSA) is 21.3 Å². The van der Waals surface area contributed by atoms with E-state index in [0.717, 1.165) is 23.1 Å². The highest BCUT2D eigenvalue weighted by molar-refractivity contribution is 9.10. The molecule has 17 heavy (non-hydrogen) atoms. The lowest BCUT2D eigenvalue weighted by Gasteiger charge is -2.29. The van der Waals surface area contributed by atoms with Crippen LogP contribution < -0.4 is 10.1 Å². The molecule has 2 aliphatic heterocycles. The first kappa shape index (κ1) is 11.8.